The van der Waals surface area contributed by atoms with E-state index in [0.717, 1.165) is 49.8 Å². The van der Waals surface area contributed by atoms with Crippen molar-refractivity contribution in [2.24, 2.45) is 5.73 Å². The summed E-state index contributed by atoms with van der Waals surface area (Å²) in [5.74, 6) is 0.682. The third-order valence-corrected chi connectivity index (χ3v) is 5.10. The summed E-state index contributed by atoms with van der Waals surface area (Å²) in [6, 6.07) is 3.21. The molecule has 1 atom stereocenters. The molecule has 27 heavy (non-hydrogen) atoms. The van der Waals surface area contributed by atoms with Crippen LogP contribution in [0.15, 0.2) is 22.9 Å². The van der Waals surface area contributed by atoms with E-state index < -0.39 is 5.91 Å². The van der Waals surface area contributed by atoms with Crippen LogP contribution in [0.2, 0.25) is 0 Å². The lowest BCUT2D eigenvalue weighted by Crippen LogP contribution is -2.44. The zero-order valence-electron chi connectivity index (χ0n) is 15.0. The monoisotopic (exact) mass is 370 g/mol. The van der Waals surface area contributed by atoms with Crippen molar-refractivity contribution >= 4 is 11.8 Å². The highest BCUT2D eigenvalue weighted by atomic mass is 16.5. The molecule has 0 saturated carbocycles. The molecule has 2 aromatic heterocycles. The molecular weight excluding hydrogens is 348 g/mol. The van der Waals surface area contributed by atoms with Crippen LogP contribution in [0.3, 0.4) is 0 Å². The molecule has 1 aliphatic heterocycles. The Balaban J connectivity index is 1.45. The van der Waals surface area contributed by atoms with Crippen LogP contribution in [0, 0.1) is 0 Å². The second-order valence-corrected chi connectivity index (χ2v) is 7.01. The van der Waals surface area contributed by atoms with Gasteiger partial charge in [0.05, 0.1) is 6.54 Å². The van der Waals surface area contributed by atoms with Gasteiger partial charge in [0, 0.05) is 30.8 Å². The van der Waals surface area contributed by atoms with Gasteiger partial charge in [-0.05, 0) is 38.2 Å². The molecule has 2 aliphatic rings. The van der Waals surface area contributed by atoms with Crippen LogP contribution in [-0.4, -0.2) is 46.0 Å². The summed E-state index contributed by atoms with van der Waals surface area (Å²) in [7, 11) is 0. The number of nitrogens with zero attached hydrogens (tertiary/aromatic N) is 3. The van der Waals surface area contributed by atoms with Gasteiger partial charge in [-0.1, -0.05) is 5.16 Å². The molecule has 0 spiro atoms. The average molecular weight is 370 g/mol. The van der Waals surface area contributed by atoms with Crippen molar-refractivity contribution in [1.29, 1.82) is 0 Å². The fourth-order valence-corrected chi connectivity index (χ4v) is 3.73. The number of hydrogen-bond donors (Lipinski definition) is 1. The topological polar surface area (TPSA) is 112 Å². The number of nitrogens with two attached hydrogens (primary N) is 1. The van der Waals surface area contributed by atoms with E-state index in [1.54, 1.807) is 11.0 Å². The number of hydrogen-bond acceptors (Lipinski definition) is 6. The van der Waals surface area contributed by atoms with Gasteiger partial charge in [0.15, 0.2) is 5.69 Å². The number of piperidine rings is 1. The summed E-state index contributed by atoms with van der Waals surface area (Å²) in [5.41, 5.74) is 6.84. The van der Waals surface area contributed by atoms with Crippen LogP contribution >= 0.6 is 0 Å². The van der Waals surface area contributed by atoms with E-state index in [-0.39, 0.29) is 17.7 Å². The highest BCUT2D eigenvalue weighted by Crippen LogP contribution is 2.26. The molecule has 142 valence electrons. The van der Waals surface area contributed by atoms with E-state index in [1.165, 1.54) is 12.3 Å². The third-order valence-electron chi connectivity index (χ3n) is 5.10. The highest BCUT2D eigenvalue weighted by molar-refractivity contribution is 5.94. The van der Waals surface area contributed by atoms with E-state index in [9.17, 15) is 9.59 Å². The van der Waals surface area contributed by atoms with Crippen LogP contribution in [0.25, 0.3) is 0 Å². The largest absolute Gasteiger partial charge is 0.488 e. The predicted octanol–water partition coefficient (Wildman–Crippen LogP) is 1.73. The Morgan fingerprint density at radius 1 is 1.26 bits per heavy atom. The van der Waals surface area contributed by atoms with Gasteiger partial charge in [0.2, 0.25) is 0 Å². The lowest BCUT2D eigenvalue weighted by molar-refractivity contribution is 0.0527. The molecule has 2 aromatic rings. The number of aryl methyl sites for hydroxylation is 1. The minimum absolute atomic E-state index is 0.0947. The Kier molecular flexibility index (Phi) is 4.79. The van der Waals surface area contributed by atoms with E-state index in [4.69, 9.17) is 15.0 Å². The zero-order valence-corrected chi connectivity index (χ0v) is 15.0. The van der Waals surface area contributed by atoms with Crippen LogP contribution in [-0.2, 0) is 12.8 Å². The molecule has 1 saturated heterocycles. The summed E-state index contributed by atoms with van der Waals surface area (Å²) >= 11 is 0. The molecular formula is C19H22N4O4. The van der Waals surface area contributed by atoms with Gasteiger partial charge in [0.1, 0.15) is 23.3 Å². The molecule has 2 N–H and O–H groups in total. The maximum absolute atomic E-state index is 13.0. The minimum atomic E-state index is -0.600. The van der Waals surface area contributed by atoms with Crippen molar-refractivity contribution in [2.75, 3.05) is 13.1 Å². The summed E-state index contributed by atoms with van der Waals surface area (Å²) < 4.78 is 11.3. The number of amides is 2. The fourth-order valence-electron chi connectivity index (χ4n) is 3.73. The van der Waals surface area contributed by atoms with Crippen molar-refractivity contribution in [1.82, 2.24) is 15.0 Å². The minimum Gasteiger partial charge on any atom is -0.488 e. The number of aromatic nitrogens is 2. The first kappa shape index (κ1) is 17.5. The second-order valence-electron chi connectivity index (χ2n) is 7.01. The highest BCUT2D eigenvalue weighted by Gasteiger charge is 2.31. The predicted molar refractivity (Wildman–Crippen MR) is 95.5 cm³/mol. The van der Waals surface area contributed by atoms with Crippen LogP contribution < -0.4 is 10.5 Å². The molecule has 4 rings (SSSR count). The summed E-state index contributed by atoms with van der Waals surface area (Å²) in [6.45, 7) is 1.14. The normalized spacial score (nSPS) is 19.4. The smallest absolute Gasteiger partial charge is 0.276 e. The van der Waals surface area contributed by atoms with Crippen LogP contribution in [0.5, 0.6) is 5.75 Å². The Labute approximate surface area is 156 Å². The molecule has 8 heteroatoms. The molecule has 8 nitrogen and oxygen atoms in total. The van der Waals surface area contributed by atoms with Crippen molar-refractivity contribution in [3.05, 3.63) is 41.0 Å². The number of carbonyl (C=O) groups excluding carboxylic acids is 2. The molecule has 1 unspecified atom stereocenters. The van der Waals surface area contributed by atoms with Crippen molar-refractivity contribution in [3.63, 3.8) is 0 Å². The Morgan fingerprint density at radius 2 is 2.11 bits per heavy atom. The lowest BCUT2D eigenvalue weighted by atomic mass is 9.96. The number of carbonyl (C=O) groups is 2. The molecule has 0 bridgehead atoms. The van der Waals surface area contributed by atoms with E-state index in [1.807, 2.05) is 0 Å². The van der Waals surface area contributed by atoms with Gasteiger partial charge in [-0.3, -0.25) is 14.6 Å². The first-order valence-corrected chi connectivity index (χ1v) is 9.31. The second kappa shape index (κ2) is 7.38. The summed E-state index contributed by atoms with van der Waals surface area (Å²) in [6.07, 6.45) is 6.83. The molecule has 0 aromatic carbocycles. The fraction of sp³-hybridized carbons (Fsp3) is 0.474. The third kappa shape index (κ3) is 3.65. The Bertz CT molecular complexity index is 863. The standard InChI is InChI=1S/C19H22N4O4/c20-18(24)15-10-12(7-8-21-15)26-13-4-3-9-23(11-13)19(25)17-14-5-1-2-6-16(14)27-22-17/h7-8,10,13H,1-6,9,11H2,(H2,20,24). The van der Waals surface area contributed by atoms with Gasteiger partial charge < -0.3 is 19.9 Å². The number of fused-ring (bicyclic) bond motifs is 1. The number of primary amides is 1. The first-order chi connectivity index (χ1) is 13.1. The summed E-state index contributed by atoms with van der Waals surface area (Å²) in [5, 5.41) is 4.05. The molecule has 1 fully saturated rings. The first-order valence-electron chi connectivity index (χ1n) is 9.31. The molecule has 0 radical (unpaired) electrons. The molecule has 2 amide bonds. The van der Waals surface area contributed by atoms with Crippen LogP contribution in [0.1, 0.15) is 58.0 Å². The van der Waals surface area contributed by atoms with Gasteiger partial charge in [0.25, 0.3) is 11.8 Å². The maximum Gasteiger partial charge on any atom is 0.276 e. The van der Waals surface area contributed by atoms with Gasteiger partial charge in [-0.25, -0.2) is 0 Å². The average Bonchev–Trinajstić information content (AvgIpc) is 3.12. The number of likely N-dealkylation sites (tertiary alicyclic amines) is 1. The number of rotatable bonds is 4. The van der Waals surface area contributed by atoms with Gasteiger partial charge in [-0.2, -0.15) is 0 Å². The Morgan fingerprint density at radius 3 is 2.96 bits per heavy atom. The van der Waals surface area contributed by atoms with E-state index in [2.05, 4.69) is 10.1 Å². The zero-order chi connectivity index (χ0) is 18.8. The quantitative estimate of drug-likeness (QED) is 0.877. The van der Waals surface area contributed by atoms with Crippen molar-refractivity contribution in [3.8, 4) is 5.75 Å². The molecule has 1 aliphatic carbocycles. The van der Waals surface area contributed by atoms with Crippen LogP contribution in [0.4, 0.5) is 0 Å². The Hall–Kier alpha value is -2.90. The SMILES string of the molecule is NC(=O)c1cc(OC2CCCN(C(=O)c3noc4c3CCCC4)C2)ccn1. The summed E-state index contributed by atoms with van der Waals surface area (Å²) in [4.78, 5) is 29.9. The van der Waals surface area contributed by atoms with E-state index >= 15 is 0 Å². The van der Waals surface area contributed by atoms with E-state index in [0.29, 0.717) is 24.5 Å². The number of ether oxygens (including phenoxy) is 1. The van der Waals surface area contributed by atoms with Crippen molar-refractivity contribution in [2.45, 2.75) is 44.6 Å². The van der Waals surface area contributed by atoms with Gasteiger partial charge in [-0.15, -0.1) is 0 Å². The number of pyridine rings is 1. The van der Waals surface area contributed by atoms with Crippen molar-refractivity contribution < 1.29 is 18.8 Å². The maximum atomic E-state index is 13.0. The lowest BCUT2D eigenvalue weighted by Gasteiger charge is -2.32. The molecule has 3 heterocycles. The van der Waals surface area contributed by atoms with Gasteiger partial charge >= 0.3 is 0 Å².